The molecule has 0 bridgehead atoms. The first-order chi connectivity index (χ1) is 13.4. The largest absolute Gasteiger partial charge is 0.453 e. The zero-order valence-corrected chi connectivity index (χ0v) is 17.2. The van der Waals surface area contributed by atoms with Gasteiger partial charge in [-0.2, -0.15) is 0 Å². The van der Waals surface area contributed by atoms with Gasteiger partial charge in [-0.15, -0.1) is 0 Å². The molecule has 0 radical (unpaired) electrons. The molecule has 0 aromatic heterocycles. The van der Waals surface area contributed by atoms with Crippen LogP contribution in [0.1, 0.15) is 28.8 Å². The molecular formula is C20H31N5O3. The highest BCUT2D eigenvalue weighted by molar-refractivity contribution is 5.94. The quantitative estimate of drug-likeness (QED) is 0.586. The van der Waals surface area contributed by atoms with Gasteiger partial charge in [-0.1, -0.05) is 12.1 Å². The van der Waals surface area contributed by atoms with Crippen LogP contribution in [-0.4, -0.2) is 81.7 Å². The molecule has 1 aliphatic rings. The van der Waals surface area contributed by atoms with Crippen LogP contribution in [-0.2, 0) is 11.2 Å². The predicted octanol–water partition coefficient (Wildman–Crippen LogP) is 1.33. The Morgan fingerprint density at radius 1 is 1.29 bits per heavy atom. The Bertz CT molecular complexity index is 697. The number of hydrogen-bond acceptors (Lipinski definition) is 4. The maximum Gasteiger partial charge on any atom is 0.409 e. The molecule has 0 saturated carbocycles. The van der Waals surface area contributed by atoms with E-state index in [2.05, 4.69) is 15.6 Å². The minimum Gasteiger partial charge on any atom is -0.453 e. The second-order valence-electron chi connectivity index (χ2n) is 7.02. The van der Waals surface area contributed by atoms with Crippen molar-refractivity contribution in [2.24, 2.45) is 4.99 Å². The minimum atomic E-state index is -0.268. The topological polar surface area (TPSA) is 86.3 Å². The first kappa shape index (κ1) is 21.5. The Labute approximate surface area is 166 Å². The summed E-state index contributed by atoms with van der Waals surface area (Å²) in [7, 11) is 6.66. The van der Waals surface area contributed by atoms with Gasteiger partial charge in [0.15, 0.2) is 5.96 Å². The van der Waals surface area contributed by atoms with E-state index in [0.717, 1.165) is 30.8 Å². The zero-order valence-electron chi connectivity index (χ0n) is 17.2. The number of benzene rings is 1. The number of likely N-dealkylation sites (tertiary alicyclic amines) is 1. The second kappa shape index (κ2) is 10.5. The normalized spacial score (nSPS) is 15.1. The number of rotatable bonds is 5. The minimum absolute atomic E-state index is 0.00517. The fourth-order valence-electron chi connectivity index (χ4n) is 3.17. The number of methoxy groups -OCH3 is 1. The Balaban J connectivity index is 1.78. The lowest BCUT2D eigenvalue weighted by Crippen LogP contribution is -2.50. The van der Waals surface area contributed by atoms with Crippen LogP contribution in [0.4, 0.5) is 4.79 Å². The standard InChI is InChI=1S/C20H31N5O3/c1-21-19(23-17-9-12-25(13-10-17)20(27)28-4)22-11-8-15-6-5-7-16(14-15)18(26)24(2)3/h5-7,14,17H,8-13H2,1-4H3,(H2,21,22,23). The van der Waals surface area contributed by atoms with E-state index >= 15 is 0 Å². The molecule has 154 valence electrons. The van der Waals surface area contributed by atoms with Crippen molar-refractivity contribution in [3.8, 4) is 0 Å². The third kappa shape index (κ3) is 6.14. The molecule has 8 nitrogen and oxygen atoms in total. The Morgan fingerprint density at radius 3 is 2.61 bits per heavy atom. The molecule has 0 unspecified atom stereocenters. The smallest absolute Gasteiger partial charge is 0.409 e. The van der Waals surface area contributed by atoms with Gasteiger partial charge in [0.1, 0.15) is 0 Å². The number of hydrogen-bond donors (Lipinski definition) is 2. The van der Waals surface area contributed by atoms with E-state index in [4.69, 9.17) is 4.74 Å². The molecule has 1 heterocycles. The van der Waals surface area contributed by atoms with Crippen LogP contribution in [0.15, 0.2) is 29.3 Å². The zero-order chi connectivity index (χ0) is 20.5. The van der Waals surface area contributed by atoms with Crippen molar-refractivity contribution in [1.29, 1.82) is 0 Å². The molecular weight excluding hydrogens is 358 g/mol. The van der Waals surface area contributed by atoms with Crippen molar-refractivity contribution in [3.05, 3.63) is 35.4 Å². The summed E-state index contributed by atoms with van der Waals surface area (Å²) in [5, 5.41) is 6.73. The van der Waals surface area contributed by atoms with Crippen LogP contribution in [0.5, 0.6) is 0 Å². The molecule has 1 aromatic carbocycles. The predicted molar refractivity (Wildman–Crippen MR) is 110 cm³/mol. The van der Waals surface area contributed by atoms with E-state index in [1.54, 1.807) is 30.9 Å². The van der Waals surface area contributed by atoms with Crippen LogP contribution in [0.3, 0.4) is 0 Å². The summed E-state index contributed by atoms with van der Waals surface area (Å²) in [5.41, 5.74) is 1.80. The van der Waals surface area contributed by atoms with Crippen molar-refractivity contribution >= 4 is 18.0 Å². The average molecular weight is 390 g/mol. The van der Waals surface area contributed by atoms with Crippen LogP contribution in [0, 0.1) is 0 Å². The van der Waals surface area contributed by atoms with E-state index in [9.17, 15) is 9.59 Å². The van der Waals surface area contributed by atoms with Gasteiger partial charge in [0.05, 0.1) is 7.11 Å². The molecule has 28 heavy (non-hydrogen) atoms. The van der Waals surface area contributed by atoms with Crippen molar-refractivity contribution in [2.75, 3.05) is 47.9 Å². The molecule has 0 atom stereocenters. The fourth-order valence-corrected chi connectivity index (χ4v) is 3.17. The lowest BCUT2D eigenvalue weighted by Gasteiger charge is -2.32. The van der Waals surface area contributed by atoms with E-state index in [-0.39, 0.29) is 18.0 Å². The Morgan fingerprint density at radius 2 is 2.00 bits per heavy atom. The average Bonchev–Trinajstić information content (AvgIpc) is 2.72. The first-order valence-electron chi connectivity index (χ1n) is 9.55. The summed E-state index contributed by atoms with van der Waals surface area (Å²) in [6.07, 6.45) is 2.22. The molecule has 8 heteroatoms. The number of piperidine rings is 1. The third-order valence-electron chi connectivity index (χ3n) is 4.78. The van der Waals surface area contributed by atoms with Gasteiger partial charge >= 0.3 is 6.09 Å². The van der Waals surface area contributed by atoms with Crippen LogP contribution in [0.25, 0.3) is 0 Å². The highest BCUT2D eigenvalue weighted by Gasteiger charge is 2.23. The molecule has 1 saturated heterocycles. The van der Waals surface area contributed by atoms with Gasteiger partial charge in [0.25, 0.3) is 5.91 Å². The van der Waals surface area contributed by atoms with Crippen LogP contribution < -0.4 is 10.6 Å². The van der Waals surface area contributed by atoms with Gasteiger partial charge in [0.2, 0.25) is 0 Å². The van der Waals surface area contributed by atoms with Crippen LogP contribution >= 0.6 is 0 Å². The molecule has 1 aliphatic heterocycles. The Hall–Kier alpha value is -2.77. The number of carbonyl (C=O) groups excluding carboxylic acids is 2. The molecule has 1 aromatic rings. The molecule has 2 N–H and O–H groups in total. The van der Waals surface area contributed by atoms with E-state index < -0.39 is 0 Å². The lowest BCUT2D eigenvalue weighted by atomic mass is 10.1. The molecule has 2 rings (SSSR count). The van der Waals surface area contributed by atoms with Gasteiger partial charge < -0.3 is 25.2 Å². The number of amides is 2. The van der Waals surface area contributed by atoms with Gasteiger partial charge in [-0.3, -0.25) is 9.79 Å². The van der Waals surface area contributed by atoms with Gasteiger partial charge in [-0.05, 0) is 37.0 Å². The van der Waals surface area contributed by atoms with E-state index in [1.165, 1.54) is 7.11 Å². The van der Waals surface area contributed by atoms with Crippen molar-refractivity contribution in [3.63, 3.8) is 0 Å². The molecule has 1 fully saturated rings. The molecule has 2 amide bonds. The summed E-state index contributed by atoms with van der Waals surface area (Å²) in [6.45, 7) is 2.06. The van der Waals surface area contributed by atoms with Crippen LogP contribution in [0.2, 0.25) is 0 Å². The third-order valence-corrected chi connectivity index (χ3v) is 4.78. The monoisotopic (exact) mass is 389 g/mol. The summed E-state index contributed by atoms with van der Waals surface area (Å²) in [5.74, 6) is 0.752. The number of carbonyl (C=O) groups is 2. The van der Waals surface area contributed by atoms with E-state index in [0.29, 0.717) is 25.2 Å². The highest BCUT2D eigenvalue weighted by atomic mass is 16.5. The molecule has 0 aliphatic carbocycles. The first-order valence-corrected chi connectivity index (χ1v) is 9.55. The van der Waals surface area contributed by atoms with E-state index in [1.807, 2.05) is 24.3 Å². The number of ether oxygens (including phenoxy) is 1. The summed E-state index contributed by atoms with van der Waals surface area (Å²) >= 11 is 0. The number of guanidine groups is 1. The highest BCUT2D eigenvalue weighted by Crippen LogP contribution is 2.11. The molecule has 0 spiro atoms. The number of nitrogens with zero attached hydrogens (tertiary/aromatic N) is 3. The number of aliphatic imine (C=N–C) groups is 1. The summed E-state index contributed by atoms with van der Waals surface area (Å²) < 4.78 is 4.77. The lowest BCUT2D eigenvalue weighted by molar-refractivity contribution is 0.0827. The summed E-state index contributed by atoms with van der Waals surface area (Å²) in [4.78, 5) is 31.2. The number of nitrogens with one attached hydrogen (secondary N) is 2. The van der Waals surface area contributed by atoms with Gasteiger partial charge in [-0.25, -0.2) is 4.79 Å². The fraction of sp³-hybridized carbons (Fsp3) is 0.550. The second-order valence-corrected chi connectivity index (χ2v) is 7.02. The maximum atomic E-state index is 12.1. The van der Waals surface area contributed by atoms with Crippen molar-refractivity contribution in [2.45, 2.75) is 25.3 Å². The van der Waals surface area contributed by atoms with Crippen molar-refractivity contribution in [1.82, 2.24) is 20.4 Å². The maximum absolute atomic E-state index is 12.1. The van der Waals surface area contributed by atoms with Gasteiger partial charge in [0, 0.05) is 52.4 Å². The SMILES string of the molecule is CN=C(NCCc1cccc(C(=O)N(C)C)c1)NC1CCN(C(=O)OC)CC1. The summed E-state index contributed by atoms with van der Waals surface area (Å²) in [6, 6.07) is 7.97. The van der Waals surface area contributed by atoms with Crippen molar-refractivity contribution < 1.29 is 14.3 Å². The Kier molecular flexibility index (Phi) is 8.10.